The Bertz CT molecular complexity index is 220. The molecule has 1 unspecified atom stereocenters. The van der Waals surface area contributed by atoms with E-state index in [-0.39, 0.29) is 12.0 Å². The van der Waals surface area contributed by atoms with Crippen molar-refractivity contribution in [3.63, 3.8) is 0 Å². The van der Waals surface area contributed by atoms with Gasteiger partial charge >= 0.3 is 5.97 Å². The van der Waals surface area contributed by atoms with Crippen molar-refractivity contribution < 1.29 is 9.53 Å². The lowest BCUT2D eigenvalue weighted by Crippen LogP contribution is -2.41. The zero-order chi connectivity index (χ0) is 10.7. The van der Waals surface area contributed by atoms with E-state index >= 15 is 0 Å². The van der Waals surface area contributed by atoms with Gasteiger partial charge in [0, 0.05) is 0 Å². The summed E-state index contributed by atoms with van der Waals surface area (Å²) in [6.07, 6.45) is 7.73. The van der Waals surface area contributed by atoms with Crippen LogP contribution in [0.3, 0.4) is 0 Å². The number of ether oxygens (including phenoxy) is 1. The summed E-state index contributed by atoms with van der Waals surface area (Å²) in [5.74, 6) is 1.25. The lowest BCUT2D eigenvalue weighted by molar-refractivity contribution is -0.143. The molecule has 0 amide bonds. The largest absolute Gasteiger partial charge is 0.468 e. The van der Waals surface area contributed by atoms with Gasteiger partial charge in [0.05, 0.1) is 7.11 Å². The third-order valence-electron chi connectivity index (χ3n) is 3.65. The zero-order valence-corrected chi connectivity index (χ0v) is 9.50. The normalized spacial score (nSPS) is 24.1. The molecule has 1 atom stereocenters. The fraction of sp³-hybridized carbons (Fsp3) is 0.917. The van der Waals surface area contributed by atoms with E-state index in [0.717, 1.165) is 12.5 Å². The molecule has 0 radical (unpaired) electrons. The van der Waals surface area contributed by atoms with Gasteiger partial charge in [-0.1, -0.05) is 12.8 Å². The average Bonchev–Trinajstić information content (AvgIpc) is 2.95. The lowest BCUT2D eigenvalue weighted by atomic mass is 10.1. The SMILES string of the molecule is COC(=O)C(NCC1CCCC1)C1CC1. The molecule has 0 aromatic heterocycles. The van der Waals surface area contributed by atoms with Crippen molar-refractivity contribution >= 4 is 5.97 Å². The highest BCUT2D eigenvalue weighted by Gasteiger charge is 2.36. The van der Waals surface area contributed by atoms with Gasteiger partial charge in [-0.2, -0.15) is 0 Å². The smallest absolute Gasteiger partial charge is 0.323 e. The number of esters is 1. The molecule has 2 aliphatic rings. The first-order chi connectivity index (χ1) is 7.31. The molecule has 0 aromatic carbocycles. The summed E-state index contributed by atoms with van der Waals surface area (Å²) in [7, 11) is 1.48. The summed E-state index contributed by atoms with van der Waals surface area (Å²) in [6, 6.07) is -0.0319. The first-order valence-corrected chi connectivity index (χ1v) is 6.12. The molecular weight excluding hydrogens is 190 g/mol. The summed E-state index contributed by atoms with van der Waals surface area (Å²) in [6.45, 7) is 0.996. The molecule has 2 saturated carbocycles. The van der Waals surface area contributed by atoms with Gasteiger partial charge in [-0.05, 0) is 44.1 Å². The summed E-state index contributed by atoms with van der Waals surface area (Å²) in [4.78, 5) is 11.5. The first kappa shape index (κ1) is 10.9. The molecule has 0 bridgehead atoms. The van der Waals surface area contributed by atoms with E-state index in [2.05, 4.69) is 5.32 Å². The number of rotatable bonds is 5. The molecule has 3 nitrogen and oxygen atoms in total. The molecule has 86 valence electrons. The second kappa shape index (κ2) is 4.97. The van der Waals surface area contributed by atoms with Crippen LogP contribution in [0.4, 0.5) is 0 Å². The van der Waals surface area contributed by atoms with Gasteiger partial charge in [0.2, 0.25) is 0 Å². The zero-order valence-electron chi connectivity index (χ0n) is 9.50. The number of carbonyl (C=O) groups is 1. The second-order valence-electron chi connectivity index (χ2n) is 4.90. The molecule has 0 aliphatic heterocycles. The van der Waals surface area contributed by atoms with Crippen LogP contribution in [0.1, 0.15) is 38.5 Å². The van der Waals surface area contributed by atoms with Crippen molar-refractivity contribution in [3.8, 4) is 0 Å². The van der Waals surface area contributed by atoms with Gasteiger partial charge in [0.1, 0.15) is 6.04 Å². The van der Waals surface area contributed by atoms with Gasteiger partial charge in [0.15, 0.2) is 0 Å². The average molecular weight is 211 g/mol. The number of hydrogen-bond donors (Lipinski definition) is 1. The monoisotopic (exact) mass is 211 g/mol. The Kier molecular flexibility index (Phi) is 3.62. The predicted octanol–water partition coefficient (Wildman–Crippen LogP) is 1.72. The summed E-state index contributed by atoms with van der Waals surface area (Å²) in [5.41, 5.74) is 0. The lowest BCUT2D eigenvalue weighted by Gasteiger charge is -2.18. The number of carbonyl (C=O) groups excluding carboxylic acids is 1. The molecule has 2 aliphatic carbocycles. The van der Waals surface area contributed by atoms with E-state index in [1.54, 1.807) is 0 Å². The maximum atomic E-state index is 11.5. The quantitative estimate of drug-likeness (QED) is 0.704. The summed E-state index contributed by atoms with van der Waals surface area (Å²) < 4.78 is 4.83. The maximum absolute atomic E-state index is 11.5. The first-order valence-electron chi connectivity index (χ1n) is 6.12. The van der Waals surface area contributed by atoms with Crippen LogP contribution in [-0.4, -0.2) is 25.7 Å². The van der Waals surface area contributed by atoms with Crippen molar-refractivity contribution in [2.75, 3.05) is 13.7 Å². The van der Waals surface area contributed by atoms with Crippen LogP contribution >= 0.6 is 0 Å². The van der Waals surface area contributed by atoms with Crippen LogP contribution in [0.2, 0.25) is 0 Å². The van der Waals surface area contributed by atoms with E-state index in [1.807, 2.05) is 0 Å². The Morgan fingerprint density at radius 2 is 2.00 bits per heavy atom. The second-order valence-corrected chi connectivity index (χ2v) is 4.90. The van der Waals surface area contributed by atoms with Gasteiger partial charge in [-0.25, -0.2) is 0 Å². The molecule has 0 spiro atoms. The Morgan fingerprint density at radius 3 is 2.53 bits per heavy atom. The van der Waals surface area contributed by atoms with E-state index in [9.17, 15) is 4.79 Å². The molecule has 0 heterocycles. The minimum absolute atomic E-state index is 0.0319. The maximum Gasteiger partial charge on any atom is 0.323 e. The van der Waals surface area contributed by atoms with Crippen LogP contribution in [-0.2, 0) is 9.53 Å². The molecule has 15 heavy (non-hydrogen) atoms. The van der Waals surface area contributed by atoms with Crippen LogP contribution < -0.4 is 5.32 Å². The van der Waals surface area contributed by atoms with Crippen LogP contribution in [0.5, 0.6) is 0 Å². The van der Waals surface area contributed by atoms with Crippen molar-refractivity contribution in [1.82, 2.24) is 5.32 Å². The molecule has 0 saturated heterocycles. The highest BCUT2D eigenvalue weighted by Crippen LogP contribution is 2.33. The molecule has 2 rings (SSSR count). The Labute approximate surface area is 91.6 Å². The number of hydrogen-bond acceptors (Lipinski definition) is 3. The Balaban J connectivity index is 1.75. The van der Waals surface area contributed by atoms with Gasteiger partial charge in [-0.3, -0.25) is 4.79 Å². The highest BCUT2D eigenvalue weighted by atomic mass is 16.5. The fourth-order valence-electron chi connectivity index (χ4n) is 2.51. The van der Waals surface area contributed by atoms with Gasteiger partial charge < -0.3 is 10.1 Å². The molecule has 0 aromatic rings. The number of nitrogens with one attached hydrogen (secondary N) is 1. The number of methoxy groups -OCH3 is 1. The van der Waals surface area contributed by atoms with Crippen molar-refractivity contribution in [3.05, 3.63) is 0 Å². The van der Waals surface area contributed by atoms with Crippen LogP contribution in [0.25, 0.3) is 0 Å². The van der Waals surface area contributed by atoms with Crippen LogP contribution in [0, 0.1) is 11.8 Å². The Morgan fingerprint density at radius 1 is 1.33 bits per heavy atom. The summed E-state index contributed by atoms with van der Waals surface area (Å²) >= 11 is 0. The van der Waals surface area contributed by atoms with E-state index in [1.165, 1.54) is 45.6 Å². The molecule has 2 fully saturated rings. The topological polar surface area (TPSA) is 38.3 Å². The van der Waals surface area contributed by atoms with E-state index < -0.39 is 0 Å². The van der Waals surface area contributed by atoms with Gasteiger partial charge in [-0.15, -0.1) is 0 Å². The van der Waals surface area contributed by atoms with Crippen LogP contribution in [0.15, 0.2) is 0 Å². The highest BCUT2D eigenvalue weighted by molar-refractivity contribution is 5.76. The van der Waals surface area contributed by atoms with Crippen molar-refractivity contribution in [2.45, 2.75) is 44.6 Å². The van der Waals surface area contributed by atoms with Crippen molar-refractivity contribution in [1.29, 1.82) is 0 Å². The fourth-order valence-corrected chi connectivity index (χ4v) is 2.51. The van der Waals surface area contributed by atoms with E-state index in [0.29, 0.717) is 5.92 Å². The van der Waals surface area contributed by atoms with Crippen molar-refractivity contribution in [2.24, 2.45) is 11.8 Å². The third-order valence-corrected chi connectivity index (χ3v) is 3.65. The minimum Gasteiger partial charge on any atom is -0.468 e. The van der Waals surface area contributed by atoms with E-state index in [4.69, 9.17) is 4.74 Å². The standard InChI is InChI=1S/C12H21NO2/c1-15-12(14)11(10-6-7-10)13-8-9-4-2-3-5-9/h9-11,13H,2-8H2,1H3. The molecule has 1 N–H and O–H groups in total. The predicted molar refractivity (Wildman–Crippen MR) is 58.5 cm³/mol. The summed E-state index contributed by atoms with van der Waals surface area (Å²) in [5, 5.41) is 3.40. The molecule has 3 heteroatoms. The minimum atomic E-state index is -0.0736. The third kappa shape index (κ3) is 2.94. The van der Waals surface area contributed by atoms with Gasteiger partial charge in [0.25, 0.3) is 0 Å². The Hall–Kier alpha value is -0.570. The molecular formula is C12H21NO2.